The number of rotatable bonds is 4. The molecule has 0 saturated heterocycles. The van der Waals surface area contributed by atoms with Crippen molar-refractivity contribution in [2.24, 2.45) is 0 Å². The van der Waals surface area contributed by atoms with Crippen LogP contribution in [0.5, 0.6) is 0 Å². The second kappa shape index (κ2) is 5.27. The standard InChI is InChI=1S/C11H11F2N3S/c1-8-4-2-3-5-9(8)16-7-14-15-11(16)17-6-10(12)13/h2-5,7,10H,6H2,1H3. The molecule has 0 fully saturated rings. The maximum Gasteiger partial charge on any atom is 0.248 e. The lowest BCUT2D eigenvalue weighted by Gasteiger charge is -2.08. The van der Waals surface area contributed by atoms with Crippen LogP contribution in [-0.2, 0) is 0 Å². The van der Waals surface area contributed by atoms with Crippen LogP contribution in [0.1, 0.15) is 5.56 Å². The fraction of sp³-hybridized carbons (Fsp3) is 0.273. The summed E-state index contributed by atoms with van der Waals surface area (Å²) >= 11 is 1.00. The molecule has 0 aliphatic rings. The van der Waals surface area contributed by atoms with Crippen molar-refractivity contribution in [1.82, 2.24) is 14.8 Å². The minimum absolute atomic E-state index is 0.273. The van der Waals surface area contributed by atoms with E-state index in [2.05, 4.69) is 10.2 Å². The van der Waals surface area contributed by atoms with E-state index in [-0.39, 0.29) is 5.75 Å². The summed E-state index contributed by atoms with van der Waals surface area (Å²) < 4.78 is 26.0. The first-order chi connectivity index (χ1) is 8.18. The number of para-hydroxylation sites is 1. The molecule has 3 nitrogen and oxygen atoms in total. The van der Waals surface area contributed by atoms with Crippen LogP contribution in [-0.4, -0.2) is 26.9 Å². The van der Waals surface area contributed by atoms with Gasteiger partial charge in [0.1, 0.15) is 6.33 Å². The maximum atomic E-state index is 12.2. The van der Waals surface area contributed by atoms with E-state index in [0.717, 1.165) is 23.0 Å². The zero-order valence-electron chi connectivity index (χ0n) is 9.18. The zero-order valence-corrected chi connectivity index (χ0v) is 9.99. The molecule has 0 radical (unpaired) electrons. The topological polar surface area (TPSA) is 30.7 Å². The van der Waals surface area contributed by atoms with Gasteiger partial charge in [0.25, 0.3) is 0 Å². The minimum Gasteiger partial charge on any atom is -0.276 e. The van der Waals surface area contributed by atoms with Gasteiger partial charge in [-0.05, 0) is 18.6 Å². The highest BCUT2D eigenvalue weighted by Crippen LogP contribution is 2.22. The van der Waals surface area contributed by atoms with Gasteiger partial charge < -0.3 is 0 Å². The average Bonchev–Trinajstić information content (AvgIpc) is 2.75. The van der Waals surface area contributed by atoms with Crippen molar-refractivity contribution in [3.8, 4) is 5.69 Å². The molecule has 0 spiro atoms. The van der Waals surface area contributed by atoms with Gasteiger partial charge in [0, 0.05) is 0 Å². The van der Waals surface area contributed by atoms with Gasteiger partial charge in [0.2, 0.25) is 6.43 Å². The predicted octanol–water partition coefficient (Wildman–Crippen LogP) is 2.93. The lowest BCUT2D eigenvalue weighted by Crippen LogP contribution is -2.00. The number of benzene rings is 1. The van der Waals surface area contributed by atoms with E-state index in [1.54, 1.807) is 4.57 Å². The van der Waals surface area contributed by atoms with Crippen LogP contribution in [0.25, 0.3) is 5.69 Å². The summed E-state index contributed by atoms with van der Waals surface area (Å²) in [6.07, 6.45) is -0.808. The molecule has 90 valence electrons. The monoisotopic (exact) mass is 255 g/mol. The number of halogens is 2. The van der Waals surface area contributed by atoms with Crippen LogP contribution >= 0.6 is 11.8 Å². The number of nitrogens with zero attached hydrogens (tertiary/aromatic N) is 3. The summed E-state index contributed by atoms with van der Waals surface area (Å²) in [5.74, 6) is -0.273. The minimum atomic E-state index is -2.35. The molecule has 0 aliphatic carbocycles. The molecule has 2 aromatic rings. The Morgan fingerprint density at radius 3 is 2.82 bits per heavy atom. The van der Waals surface area contributed by atoms with Gasteiger partial charge in [-0.3, -0.25) is 4.57 Å². The molecular weight excluding hydrogens is 244 g/mol. The van der Waals surface area contributed by atoms with E-state index in [9.17, 15) is 8.78 Å². The molecule has 1 aromatic carbocycles. The third kappa shape index (κ3) is 2.82. The smallest absolute Gasteiger partial charge is 0.248 e. The maximum absolute atomic E-state index is 12.2. The second-order valence-corrected chi connectivity index (χ2v) is 4.46. The summed E-state index contributed by atoms with van der Waals surface area (Å²) in [6, 6.07) is 7.68. The molecule has 0 atom stereocenters. The third-order valence-electron chi connectivity index (χ3n) is 2.23. The normalized spacial score (nSPS) is 11.1. The summed E-state index contributed by atoms with van der Waals surface area (Å²) in [6.45, 7) is 1.96. The Labute approximate surface area is 102 Å². The lowest BCUT2D eigenvalue weighted by atomic mass is 10.2. The van der Waals surface area contributed by atoms with E-state index in [1.807, 2.05) is 31.2 Å². The molecule has 0 unspecified atom stereocenters. The first-order valence-corrected chi connectivity index (χ1v) is 6.04. The Balaban J connectivity index is 2.28. The average molecular weight is 255 g/mol. The van der Waals surface area contributed by atoms with Crippen LogP contribution in [0.3, 0.4) is 0 Å². The Morgan fingerprint density at radius 2 is 2.12 bits per heavy atom. The molecular formula is C11H11F2N3S. The van der Waals surface area contributed by atoms with Crippen molar-refractivity contribution in [2.75, 3.05) is 5.75 Å². The van der Waals surface area contributed by atoms with Gasteiger partial charge in [-0.15, -0.1) is 10.2 Å². The fourth-order valence-corrected chi connectivity index (χ4v) is 2.12. The Hall–Kier alpha value is -1.43. The molecule has 1 aromatic heterocycles. The van der Waals surface area contributed by atoms with Gasteiger partial charge in [0.15, 0.2) is 5.16 Å². The van der Waals surface area contributed by atoms with Gasteiger partial charge in [0.05, 0.1) is 11.4 Å². The molecule has 6 heteroatoms. The van der Waals surface area contributed by atoms with E-state index in [0.29, 0.717) is 5.16 Å². The van der Waals surface area contributed by atoms with Crippen LogP contribution in [0.2, 0.25) is 0 Å². The molecule has 17 heavy (non-hydrogen) atoms. The van der Waals surface area contributed by atoms with E-state index >= 15 is 0 Å². The number of alkyl halides is 2. The third-order valence-corrected chi connectivity index (χ3v) is 3.19. The molecule has 0 N–H and O–H groups in total. The molecule has 0 aliphatic heterocycles. The van der Waals surface area contributed by atoms with E-state index in [4.69, 9.17) is 0 Å². The first kappa shape index (κ1) is 12.0. The molecule has 1 heterocycles. The number of thioether (sulfide) groups is 1. The highest BCUT2D eigenvalue weighted by molar-refractivity contribution is 7.99. The fourth-order valence-electron chi connectivity index (χ4n) is 1.46. The second-order valence-electron chi connectivity index (χ2n) is 3.47. The number of hydrogen-bond donors (Lipinski definition) is 0. The van der Waals surface area contributed by atoms with Crippen molar-refractivity contribution in [1.29, 1.82) is 0 Å². The summed E-state index contributed by atoms with van der Waals surface area (Å²) in [4.78, 5) is 0. The Morgan fingerprint density at radius 1 is 1.35 bits per heavy atom. The van der Waals surface area contributed by atoms with Crippen molar-refractivity contribution < 1.29 is 8.78 Å². The van der Waals surface area contributed by atoms with Gasteiger partial charge >= 0.3 is 0 Å². The van der Waals surface area contributed by atoms with Gasteiger partial charge in [-0.2, -0.15) is 0 Å². The SMILES string of the molecule is Cc1ccccc1-n1cnnc1SCC(F)F. The highest BCUT2D eigenvalue weighted by Gasteiger charge is 2.11. The largest absolute Gasteiger partial charge is 0.276 e. The van der Waals surface area contributed by atoms with Crippen LogP contribution in [0.4, 0.5) is 8.78 Å². The number of hydrogen-bond acceptors (Lipinski definition) is 3. The van der Waals surface area contributed by atoms with Crippen LogP contribution < -0.4 is 0 Å². The van der Waals surface area contributed by atoms with Crippen molar-refractivity contribution in [2.45, 2.75) is 18.5 Å². The molecule has 2 rings (SSSR count). The van der Waals surface area contributed by atoms with Crippen LogP contribution in [0, 0.1) is 6.92 Å². The zero-order chi connectivity index (χ0) is 12.3. The molecule has 0 saturated carbocycles. The number of aryl methyl sites for hydroxylation is 1. The quantitative estimate of drug-likeness (QED) is 0.787. The lowest BCUT2D eigenvalue weighted by molar-refractivity contribution is 0.176. The van der Waals surface area contributed by atoms with Gasteiger partial charge in [-0.1, -0.05) is 30.0 Å². The highest BCUT2D eigenvalue weighted by atomic mass is 32.2. The predicted molar refractivity (Wildman–Crippen MR) is 62.8 cm³/mol. The summed E-state index contributed by atoms with van der Waals surface area (Å²) in [5, 5.41) is 8.10. The summed E-state index contributed by atoms with van der Waals surface area (Å²) in [7, 11) is 0. The first-order valence-electron chi connectivity index (χ1n) is 5.05. The Bertz CT molecular complexity index is 499. The van der Waals surface area contributed by atoms with Gasteiger partial charge in [-0.25, -0.2) is 8.78 Å². The van der Waals surface area contributed by atoms with Crippen LogP contribution in [0.15, 0.2) is 35.7 Å². The molecule has 0 bridgehead atoms. The van der Waals surface area contributed by atoms with Crippen molar-refractivity contribution in [3.63, 3.8) is 0 Å². The van der Waals surface area contributed by atoms with E-state index in [1.165, 1.54) is 6.33 Å². The molecule has 0 amide bonds. The van der Waals surface area contributed by atoms with E-state index < -0.39 is 6.43 Å². The summed E-state index contributed by atoms with van der Waals surface area (Å²) in [5.41, 5.74) is 1.96. The van der Waals surface area contributed by atoms with Crippen molar-refractivity contribution >= 4 is 11.8 Å². The van der Waals surface area contributed by atoms with Crippen molar-refractivity contribution in [3.05, 3.63) is 36.2 Å². The Kier molecular flexibility index (Phi) is 3.73. The number of aromatic nitrogens is 3.